The predicted octanol–water partition coefficient (Wildman–Crippen LogP) is 1.02. The van der Waals surface area contributed by atoms with Crippen LogP contribution in [-0.4, -0.2) is 29.3 Å². The van der Waals surface area contributed by atoms with Crippen LogP contribution >= 0.6 is 0 Å². The van der Waals surface area contributed by atoms with Gasteiger partial charge in [-0.25, -0.2) is 0 Å². The maximum atomic E-state index is 12.2. The molecule has 4 heteroatoms. The number of amides is 2. The van der Waals surface area contributed by atoms with E-state index in [0.717, 1.165) is 0 Å². The summed E-state index contributed by atoms with van der Waals surface area (Å²) in [6.07, 6.45) is 3.61. The molecular weight excluding hydrogens is 204 g/mol. The van der Waals surface area contributed by atoms with E-state index in [-0.39, 0.29) is 11.8 Å². The van der Waals surface area contributed by atoms with Gasteiger partial charge in [-0.15, -0.1) is 0 Å². The Hall–Kier alpha value is -2.10. The molecule has 2 aliphatic heterocycles. The monoisotopic (exact) mass is 214 g/mol. The predicted molar refractivity (Wildman–Crippen MR) is 59.0 cm³/mol. The summed E-state index contributed by atoms with van der Waals surface area (Å²) < 4.78 is 0. The highest BCUT2D eigenvalue weighted by Gasteiger charge is 2.35. The molecular formula is C12H10N2O2. The third kappa shape index (κ3) is 1.16. The molecule has 0 spiro atoms. The molecule has 0 bridgehead atoms. The number of rotatable bonds is 0. The van der Waals surface area contributed by atoms with Crippen molar-refractivity contribution in [2.24, 2.45) is 0 Å². The minimum atomic E-state index is -0.458. The summed E-state index contributed by atoms with van der Waals surface area (Å²) in [5, 5.41) is 2.77. The Bertz CT molecular complexity index is 507. The summed E-state index contributed by atoms with van der Waals surface area (Å²) in [6, 6.07) is 6.63. The van der Waals surface area contributed by atoms with Crippen LogP contribution in [0.3, 0.4) is 0 Å². The maximum absolute atomic E-state index is 12.2. The van der Waals surface area contributed by atoms with Gasteiger partial charge in [0.05, 0.1) is 11.3 Å². The summed E-state index contributed by atoms with van der Waals surface area (Å²) in [6.45, 7) is 0.505. The fraction of sp³-hybridized carbons (Fsp3) is 0.167. The SMILES string of the molecule is O=C1Nc2ccccc2C(=O)N2CC=C[C@@H]12. The van der Waals surface area contributed by atoms with Gasteiger partial charge in [-0.2, -0.15) is 0 Å². The molecule has 80 valence electrons. The standard InChI is InChI=1S/C12H10N2O2/c15-11-10-6-3-7-14(10)12(16)8-4-1-2-5-9(8)13-11/h1-6,10H,7H2,(H,13,15)/t10-/m0/s1. The van der Waals surface area contributed by atoms with Crippen LogP contribution in [0.1, 0.15) is 10.4 Å². The van der Waals surface area contributed by atoms with Gasteiger partial charge < -0.3 is 10.2 Å². The molecule has 0 radical (unpaired) electrons. The molecule has 4 nitrogen and oxygen atoms in total. The zero-order valence-corrected chi connectivity index (χ0v) is 8.51. The van der Waals surface area contributed by atoms with E-state index >= 15 is 0 Å². The molecule has 1 atom stereocenters. The third-order valence-electron chi connectivity index (χ3n) is 2.90. The second-order valence-electron chi connectivity index (χ2n) is 3.87. The van der Waals surface area contributed by atoms with E-state index in [4.69, 9.17) is 0 Å². The van der Waals surface area contributed by atoms with Gasteiger partial charge in [-0.05, 0) is 12.1 Å². The summed E-state index contributed by atoms with van der Waals surface area (Å²) in [7, 11) is 0. The Balaban J connectivity index is 2.13. The smallest absolute Gasteiger partial charge is 0.257 e. The van der Waals surface area contributed by atoms with Crippen molar-refractivity contribution < 1.29 is 9.59 Å². The van der Waals surface area contributed by atoms with Gasteiger partial charge >= 0.3 is 0 Å². The van der Waals surface area contributed by atoms with Crippen molar-refractivity contribution in [2.45, 2.75) is 6.04 Å². The molecule has 0 fully saturated rings. The first-order chi connectivity index (χ1) is 7.77. The van der Waals surface area contributed by atoms with Crippen LogP contribution in [0.2, 0.25) is 0 Å². The highest BCUT2D eigenvalue weighted by molar-refractivity contribution is 6.10. The Morgan fingerprint density at radius 1 is 1.25 bits per heavy atom. The van der Waals surface area contributed by atoms with Crippen molar-refractivity contribution in [3.63, 3.8) is 0 Å². The summed E-state index contributed by atoms with van der Waals surface area (Å²) in [5.41, 5.74) is 1.15. The molecule has 0 aromatic heterocycles. The molecule has 2 heterocycles. The number of hydrogen-bond donors (Lipinski definition) is 1. The molecule has 16 heavy (non-hydrogen) atoms. The van der Waals surface area contributed by atoms with Crippen molar-refractivity contribution in [3.05, 3.63) is 42.0 Å². The zero-order chi connectivity index (χ0) is 11.1. The maximum Gasteiger partial charge on any atom is 0.257 e. The lowest BCUT2D eigenvalue weighted by Gasteiger charge is -2.19. The molecule has 0 aliphatic carbocycles. The molecule has 3 rings (SSSR count). The first kappa shape index (κ1) is 9.15. The Kier molecular flexibility index (Phi) is 1.83. The fourth-order valence-corrected chi connectivity index (χ4v) is 2.10. The number of hydrogen-bond acceptors (Lipinski definition) is 2. The lowest BCUT2D eigenvalue weighted by molar-refractivity contribution is -0.118. The van der Waals surface area contributed by atoms with Crippen LogP contribution in [0, 0.1) is 0 Å². The van der Waals surface area contributed by atoms with E-state index in [1.807, 2.05) is 6.08 Å². The van der Waals surface area contributed by atoms with Gasteiger partial charge in [-0.3, -0.25) is 9.59 Å². The molecule has 0 unspecified atom stereocenters. The third-order valence-corrected chi connectivity index (χ3v) is 2.90. The van der Waals surface area contributed by atoms with Crippen molar-refractivity contribution in [1.29, 1.82) is 0 Å². The number of carbonyl (C=O) groups excluding carboxylic acids is 2. The normalized spacial score (nSPS) is 22.5. The number of carbonyl (C=O) groups is 2. The number of fused-ring (bicyclic) bond motifs is 2. The van der Waals surface area contributed by atoms with Crippen molar-refractivity contribution in [2.75, 3.05) is 11.9 Å². The minimum Gasteiger partial charge on any atom is -0.323 e. The quantitative estimate of drug-likeness (QED) is 0.655. The topological polar surface area (TPSA) is 49.4 Å². The highest BCUT2D eigenvalue weighted by Crippen LogP contribution is 2.25. The summed E-state index contributed by atoms with van der Waals surface area (Å²) >= 11 is 0. The molecule has 1 N–H and O–H groups in total. The minimum absolute atomic E-state index is 0.0936. The highest BCUT2D eigenvalue weighted by atomic mass is 16.2. The van der Waals surface area contributed by atoms with E-state index in [2.05, 4.69) is 5.32 Å². The van der Waals surface area contributed by atoms with E-state index in [1.54, 1.807) is 35.2 Å². The lowest BCUT2D eigenvalue weighted by Crippen LogP contribution is -2.40. The Morgan fingerprint density at radius 2 is 2.06 bits per heavy atom. The van der Waals surface area contributed by atoms with Crippen LogP contribution in [0.15, 0.2) is 36.4 Å². The van der Waals surface area contributed by atoms with Crippen LogP contribution < -0.4 is 5.32 Å². The summed E-state index contributed by atoms with van der Waals surface area (Å²) in [4.78, 5) is 25.6. The Morgan fingerprint density at radius 3 is 2.94 bits per heavy atom. The van der Waals surface area contributed by atoms with Gasteiger partial charge in [0, 0.05) is 6.54 Å². The van der Waals surface area contributed by atoms with Crippen LogP contribution in [-0.2, 0) is 4.79 Å². The summed E-state index contributed by atoms with van der Waals surface area (Å²) in [5.74, 6) is -0.240. The van der Waals surface area contributed by atoms with Crippen molar-refractivity contribution in [1.82, 2.24) is 4.90 Å². The van der Waals surface area contributed by atoms with E-state index in [0.29, 0.717) is 17.8 Å². The van der Waals surface area contributed by atoms with E-state index < -0.39 is 6.04 Å². The van der Waals surface area contributed by atoms with Gasteiger partial charge in [-0.1, -0.05) is 24.3 Å². The Labute approximate surface area is 92.6 Å². The van der Waals surface area contributed by atoms with Gasteiger partial charge in [0.2, 0.25) is 0 Å². The second-order valence-corrected chi connectivity index (χ2v) is 3.87. The van der Waals surface area contributed by atoms with Gasteiger partial charge in [0.1, 0.15) is 6.04 Å². The number of benzene rings is 1. The van der Waals surface area contributed by atoms with Crippen LogP contribution in [0.5, 0.6) is 0 Å². The van der Waals surface area contributed by atoms with Gasteiger partial charge in [0.25, 0.3) is 11.8 Å². The molecule has 0 saturated heterocycles. The number of para-hydroxylation sites is 1. The van der Waals surface area contributed by atoms with Crippen molar-refractivity contribution in [3.8, 4) is 0 Å². The first-order valence-corrected chi connectivity index (χ1v) is 5.15. The van der Waals surface area contributed by atoms with Crippen LogP contribution in [0.4, 0.5) is 5.69 Å². The number of nitrogens with one attached hydrogen (secondary N) is 1. The van der Waals surface area contributed by atoms with E-state index in [1.165, 1.54) is 0 Å². The second kappa shape index (κ2) is 3.20. The van der Waals surface area contributed by atoms with Gasteiger partial charge in [0.15, 0.2) is 0 Å². The molecule has 2 amide bonds. The number of nitrogens with zero attached hydrogens (tertiary/aromatic N) is 1. The molecule has 1 aromatic carbocycles. The molecule has 2 aliphatic rings. The van der Waals surface area contributed by atoms with Crippen LogP contribution in [0.25, 0.3) is 0 Å². The van der Waals surface area contributed by atoms with Crippen molar-refractivity contribution >= 4 is 17.5 Å². The number of anilines is 1. The largest absolute Gasteiger partial charge is 0.323 e. The molecule has 0 saturated carbocycles. The zero-order valence-electron chi connectivity index (χ0n) is 8.51. The lowest BCUT2D eigenvalue weighted by atomic mass is 10.1. The van der Waals surface area contributed by atoms with E-state index in [9.17, 15) is 9.59 Å². The fourth-order valence-electron chi connectivity index (χ4n) is 2.10. The average molecular weight is 214 g/mol. The average Bonchev–Trinajstić information content (AvgIpc) is 2.74. The first-order valence-electron chi connectivity index (χ1n) is 5.15. The molecule has 1 aromatic rings.